The normalized spacial score (nSPS) is 13.9. The largest absolute Gasteiger partial charge is 0.465 e. The number of alkyl halides is 3. The molecule has 0 amide bonds. The molecule has 0 rings (SSSR count). The molecule has 78 valence electrons. The number of halogens is 4. The maximum atomic E-state index is 11.8. The molecule has 1 N–H and O–H groups in total. The third-order valence-corrected chi connectivity index (χ3v) is 1.40. The van der Waals surface area contributed by atoms with Gasteiger partial charge in [0.15, 0.2) is 0 Å². The Hall–Kier alpha value is -0.490. The third kappa shape index (κ3) is 5.70. The molecule has 0 spiro atoms. The van der Waals surface area contributed by atoms with Gasteiger partial charge in [0, 0.05) is 0 Å². The monoisotopic (exact) mass is 219 g/mol. The molecule has 0 saturated carbocycles. The highest BCUT2D eigenvalue weighted by Gasteiger charge is 2.35. The van der Waals surface area contributed by atoms with Crippen molar-refractivity contribution in [2.24, 2.45) is 0 Å². The molecule has 0 aliphatic rings. The molecule has 1 unspecified atom stereocenters. The molecule has 0 bridgehead atoms. The fourth-order valence-corrected chi connectivity index (χ4v) is 0.807. The minimum absolute atomic E-state index is 0.0196. The van der Waals surface area contributed by atoms with Gasteiger partial charge in [-0.1, -0.05) is 0 Å². The van der Waals surface area contributed by atoms with Gasteiger partial charge in [-0.2, -0.15) is 13.2 Å². The molecular formula is C6H9ClF3NO2. The summed E-state index contributed by atoms with van der Waals surface area (Å²) >= 11 is 4.95. The van der Waals surface area contributed by atoms with Gasteiger partial charge >= 0.3 is 12.1 Å². The zero-order valence-corrected chi connectivity index (χ0v) is 7.58. The molecule has 0 aromatic carbocycles. The lowest BCUT2D eigenvalue weighted by molar-refractivity contribution is -0.161. The standard InChI is InChI=1S/C6H9ClF3NO2/c1-2-13-5(12)4(11-7)3-6(8,9)10/h4,11H,2-3H2,1H3. The van der Waals surface area contributed by atoms with E-state index in [2.05, 4.69) is 4.74 Å². The average Bonchev–Trinajstić information content (AvgIpc) is 1.99. The average molecular weight is 220 g/mol. The van der Waals surface area contributed by atoms with Gasteiger partial charge in [-0.15, -0.1) is 0 Å². The van der Waals surface area contributed by atoms with Crippen LogP contribution in [-0.4, -0.2) is 24.8 Å². The first kappa shape index (κ1) is 12.5. The maximum absolute atomic E-state index is 11.8. The van der Waals surface area contributed by atoms with Crippen molar-refractivity contribution in [1.29, 1.82) is 0 Å². The Balaban J connectivity index is 4.10. The summed E-state index contributed by atoms with van der Waals surface area (Å²) < 4.78 is 39.7. The van der Waals surface area contributed by atoms with Crippen molar-refractivity contribution < 1.29 is 22.7 Å². The van der Waals surface area contributed by atoms with Gasteiger partial charge in [-0.25, -0.2) is 4.84 Å². The first-order chi connectivity index (χ1) is 5.90. The summed E-state index contributed by atoms with van der Waals surface area (Å²) in [5.74, 6) is -1.00. The molecule has 1 atom stereocenters. The molecule has 0 aliphatic carbocycles. The summed E-state index contributed by atoms with van der Waals surface area (Å²) in [6.07, 6.45) is -5.78. The van der Waals surface area contributed by atoms with Crippen LogP contribution >= 0.6 is 11.8 Å². The Morgan fingerprint density at radius 2 is 2.15 bits per heavy atom. The van der Waals surface area contributed by atoms with Gasteiger partial charge in [0.2, 0.25) is 0 Å². The first-order valence-corrected chi connectivity index (χ1v) is 3.88. The van der Waals surface area contributed by atoms with Crippen molar-refractivity contribution in [2.45, 2.75) is 25.6 Å². The summed E-state index contributed by atoms with van der Waals surface area (Å²) in [7, 11) is 0. The molecule has 0 aliphatic heterocycles. The Labute approximate surface area is 78.3 Å². The van der Waals surface area contributed by atoms with Gasteiger partial charge in [-0.05, 0) is 18.7 Å². The van der Waals surface area contributed by atoms with Gasteiger partial charge in [0.25, 0.3) is 0 Å². The summed E-state index contributed by atoms with van der Waals surface area (Å²) in [6, 6.07) is -1.54. The topological polar surface area (TPSA) is 38.3 Å². The summed E-state index contributed by atoms with van der Waals surface area (Å²) in [4.78, 5) is 12.5. The zero-order chi connectivity index (χ0) is 10.5. The summed E-state index contributed by atoms with van der Waals surface area (Å²) in [5, 5.41) is 0. The minimum atomic E-state index is -4.45. The number of hydrogen-bond acceptors (Lipinski definition) is 3. The number of esters is 1. The number of carbonyl (C=O) groups is 1. The van der Waals surface area contributed by atoms with Crippen molar-refractivity contribution in [3.05, 3.63) is 0 Å². The molecule has 3 nitrogen and oxygen atoms in total. The van der Waals surface area contributed by atoms with Crippen LogP contribution in [0.1, 0.15) is 13.3 Å². The van der Waals surface area contributed by atoms with E-state index in [0.717, 1.165) is 0 Å². The van der Waals surface area contributed by atoms with Crippen molar-refractivity contribution >= 4 is 17.7 Å². The Bertz CT molecular complexity index is 174. The fraction of sp³-hybridized carbons (Fsp3) is 0.833. The number of hydrogen-bond donors (Lipinski definition) is 1. The third-order valence-electron chi connectivity index (χ3n) is 1.14. The predicted octanol–water partition coefficient (Wildman–Crippen LogP) is 1.61. The van der Waals surface area contributed by atoms with E-state index < -0.39 is 24.6 Å². The lowest BCUT2D eigenvalue weighted by atomic mass is 10.2. The first-order valence-electron chi connectivity index (χ1n) is 3.50. The van der Waals surface area contributed by atoms with E-state index in [1.807, 2.05) is 0 Å². The number of ether oxygens (including phenoxy) is 1. The van der Waals surface area contributed by atoms with Crippen molar-refractivity contribution in [3.8, 4) is 0 Å². The van der Waals surface area contributed by atoms with Crippen LogP contribution in [-0.2, 0) is 9.53 Å². The van der Waals surface area contributed by atoms with Crippen LogP contribution in [0, 0.1) is 0 Å². The fourth-order valence-electron chi connectivity index (χ4n) is 0.641. The summed E-state index contributed by atoms with van der Waals surface area (Å²) in [6.45, 7) is 1.52. The Morgan fingerprint density at radius 3 is 2.46 bits per heavy atom. The highest BCUT2D eigenvalue weighted by Crippen LogP contribution is 2.22. The van der Waals surface area contributed by atoms with Crippen LogP contribution in [0.4, 0.5) is 13.2 Å². The maximum Gasteiger partial charge on any atom is 0.391 e. The Morgan fingerprint density at radius 1 is 1.62 bits per heavy atom. The SMILES string of the molecule is CCOC(=O)C(CC(F)(F)F)NCl. The van der Waals surface area contributed by atoms with E-state index in [9.17, 15) is 18.0 Å². The molecule has 0 aromatic heterocycles. The molecule has 13 heavy (non-hydrogen) atoms. The molecular weight excluding hydrogens is 211 g/mol. The van der Waals surface area contributed by atoms with Crippen LogP contribution in [0.2, 0.25) is 0 Å². The predicted molar refractivity (Wildman–Crippen MR) is 40.1 cm³/mol. The molecule has 0 radical (unpaired) electrons. The van der Waals surface area contributed by atoms with Crippen LogP contribution < -0.4 is 4.84 Å². The second-order valence-corrected chi connectivity index (χ2v) is 2.45. The van der Waals surface area contributed by atoms with E-state index in [1.54, 1.807) is 4.84 Å². The highest BCUT2D eigenvalue weighted by molar-refractivity contribution is 6.14. The number of rotatable bonds is 4. The van der Waals surface area contributed by atoms with Gasteiger partial charge < -0.3 is 4.74 Å². The smallest absolute Gasteiger partial charge is 0.391 e. The van der Waals surface area contributed by atoms with Crippen molar-refractivity contribution in [3.63, 3.8) is 0 Å². The van der Waals surface area contributed by atoms with Crippen LogP contribution in [0.3, 0.4) is 0 Å². The van der Waals surface area contributed by atoms with Crippen molar-refractivity contribution in [2.75, 3.05) is 6.61 Å². The zero-order valence-electron chi connectivity index (χ0n) is 6.82. The number of nitrogens with one attached hydrogen (secondary N) is 1. The van der Waals surface area contributed by atoms with Crippen LogP contribution in [0.15, 0.2) is 0 Å². The number of carbonyl (C=O) groups excluding carboxylic acids is 1. The quantitative estimate of drug-likeness (QED) is 0.577. The Kier molecular flexibility index (Phi) is 5.09. The molecule has 0 aromatic rings. The van der Waals surface area contributed by atoms with Crippen molar-refractivity contribution in [1.82, 2.24) is 4.84 Å². The van der Waals surface area contributed by atoms with Gasteiger partial charge in [0.05, 0.1) is 13.0 Å². The van der Waals surface area contributed by atoms with Crippen LogP contribution in [0.5, 0.6) is 0 Å². The lowest BCUT2D eigenvalue weighted by Crippen LogP contribution is -2.36. The van der Waals surface area contributed by atoms with E-state index >= 15 is 0 Å². The molecule has 7 heteroatoms. The molecule has 0 heterocycles. The van der Waals surface area contributed by atoms with E-state index in [4.69, 9.17) is 11.8 Å². The minimum Gasteiger partial charge on any atom is -0.465 e. The van der Waals surface area contributed by atoms with E-state index in [-0.39, 0.29) is 6.61 Å². The summed E-state index contributed by atoms with van der Waals surface area (Å²) in [5.41, 5.74) is 0. The lowest BCUT2D eigenvalue weighted by Gasteiger charge is -2.14. The molecule has 0 fully saturated rings. The van der Waals surface area contributed by atoms with Crippen LogP contribution in [0.25, 0.3) is 0 Å². The second kappa shape index (κ2) is 5.29. The molecule has 0 saturated heterocycles. The second-order valence-electron chi connectivity index (χ2n) is 2.23. The van der Waals surface area contributed by atoms with Gasteiger partial charge in [0.1, 0.15) is 6.04 Å². The van der Waals surface area contributed by atoms with E-state index in [0.29, 0.717) is 0 Å². The highest BCUT2D eigenvalue weighted by atomic mass is 35.5. The van der Waals surface area contributed by atoms with E-state index in [1.165, 1.54) is 6.92 Å². The van der Waals surface area contributed by atoms with Gasteiger partial charge in [-0.3, -0.25) is 4.79 Å².